The topological polar surface area (TPSA) is 37.3 Å². The average Bonchev–Trinajstić information content (AvgIpc) is 2.31. The molecule has 1 aliphatic carbocycles. The predicted molar refractivity (Wildman–Crippen MR) is 66.3 cm³/mol. The van der Waals surface area contributed by atoms with Crippen molar-refractivity contribution in [3.63, 3.8) is 0 Å². The molecule has 2 heteroatoms. The Kier molecular flexibility index (Phi) is 7.48. The van der Waals surface area contributed by atoms with E-state index in [0.717, 1.165) is 51.2 Å². The molecule has 0 aromatic rings. The third-order valence-corrected chi connectivity index (χ3v) is 3.67. The number of hydrogen-bond donors (Lipinski definition) is 1. The van der Waals surface area contributed by atoms with Gasteiger partial charge in [-0.15, -0.1) is 0 Å². The molecule has 1 aliphatic rings. The van der Waals surface area contributed by atoms with Gasteiger partial charge in [-0.1, -0.05) is 44.9 Å². The monoisotopic (exact) mass is 226 g/mol. The van der Waals surface area contributed by atoms with Crippen molar-refractivity contribution < 1.29 is 9.90 Å². The van der Waals surface area contributed by atoms with Crippen LogP contribution >= 0.6 is 0 Å². The highest BCUT2D eigenvalue weighted by molar-refractivity contribution is 5.53. The zero-order chi connectivity index (χ0) is 11.6. The Hall–Kier alpha value is -0.370. The molecule has 0 aromatic heterocycles. The minimum atomic E-state index is -0.0809. The van der Waals surface area contributed by atoms with E-state index in [0.29, 0.717) is 5.92 Å². The molecule has 2 nitrogen and oxygen atoms in total. The highest BCUT2D eigenvalue weighted by Gasteiger charge is 2.09. The van der Waals surface area contributed by atoms with Gasteiger partial charge in [0.25, 0.3) is 0 Å². The van der Waals surface area contributed by atoms with Crippen LogP contribution in [0.3, 0.4) is 0 Å². The van der Waals surface area contributed by atoms with Crippen molar-refractivity contribution in [1.82, 2.24) is 0 Å². The number of aliphatic hydroxyl groups excluding tert-OH is 1. The molecule has 2 unspecified atom stereocenters. The van der Waals surface area contributed by atoms with Gasteiger partial charge in [0.05, 0.1) is 6.10 Å². The van der Waals surface area contributed by atoms with Crippen molar-refractivity contribution in [2.24, 2.45) is 5.92 Å². The van der Waals surface area contributed by atoms with E-state index in [1.54, 1.807) is 0 Å². The average molecular weight is 226 g/mol. The fourth-order valence-electron chi connectivity index (χ4n) is 2.53. The Morgan fingerprint density at radius 2 is 1.19 bits per heavy atom. The van der Waals surface area contributed by atoms with Crippen LogP contribution in [-0.4, -0.2) is 17.5 Å². The van der Waals surface area contributed by atoms with E-state index in [4.69, 9.17) is 0 Å². The van der Waals surface area contributed by atoms with Crippen molar-refractivity contribution >= 4 is 6.29 Å². The summed E-state index contributed by atoms with van der Waals surface area (Å²) < 4.78 is 0. The number of carbonyl (C=O) groups excluding carboxylic acids is 1. The lowest BCUT2D eigenvalue weighted by Crippen LogP contribution is -2.05. The smallest absolute Gasteiger partial charge is 0.123 e. The van der Waals surface area contributed by atoms with Crippen LogP contribution in [0.1, 0.15) is 70.6 Å². The molecule has 0 heterocycles. The predicted octanol–water partition coefficient (Wildman–Crippen LogP) is 3.47. The molecular weight excluding hydrogens is 200 g/mol. The van der Waals surface area contributed by atoms with Crippen LogP contribution in [0, 0.1) is 5.92 Å². The summed E-state index contributed by atoms with van der Waals surface area (Å²) in [7, 11) is 0. The number of hydrogen-bond acceptors (Lipinski definition) is 2. The summed E-state index contributed by atoms with van der Waals surface area (Å²) in [5.74, 6) is 0.297. The van der Waals surface area contributed by atoms with Gasteiger partial charge >= 0.3 is 0 Å². The summed E-state index contributed by atoms with van der Waals surface area (Å²) in [6.45, 7) is 0. The third-order valence-electron chi connectivity index (χ3n) is 3.67. The maximum absolute atomic E-state index is 10.9. The molecule has 0 aromatic carbocycles. The zero-order valence-corrected chi connectivity index (χ0v) is 10.4. The third kappa shape index (κ3) is 6.26. The summed E-state index contributed by atoms with van der Waals surface area (Å²) >= 11 is 0. The fourth-order valence-corrected chi connectivity index (χ4v) is 2.53. The summed E-state index contributed by atoms with van der Waals surface area (Å²) in [4.78, 5) is 10.9. The molecule has 0 aliphatic heterocycles. The first kappa shape index (κ1) is 13.7. The largest absolute Gasteiger partial charge is 0.393 e. The second-order valence-electron chi connectivity index (χ2n) is 5.18. The second-order valence-corrected chi connectivity index (χ2v) is 5.18. The maximum atomic E-state index is 10.9. The molecule has 1 N–H and O–H groups in total. The van der Waals surface area contributed by atoms with Crippen molar-refractivity contribution in [2.75, 3.05) is 0 Å². The van der Waals surface area contributed by atoms with E-state index in [2.05, 4.69) is 0 Å². The van der Waals surface area contributed by atoms with Crippen LogP contribution in [0.15, 0.2) is 0 Å². The molecule has 0 saturated heterocycles. The Morgan fingerprint density at radius 3 is 1.69 bits per heavy atom. The molecule has 94 valence electrons. The molecule has 0 radical (unpaired) electrons. The number of aldehydes is 1. The van der Waals surface area contributed by atoms with E-state index in [-0.39, 0.29) is 6.10 Å². The van der Waals surface area contributed by atoms with E-state index in [1.807, 2.05) is 0 Å². The van der Waals surface area contributed by atoms with Gasteiger partial charge in [-0.2, -0.15) is 0 Å². The van der Waals surface area contributed by atoms with Crippen LogP contribution in [0.4, 0.5) is 0 Å². The molecule has 16 heavy (non-hydrogen) atoms. The summed E-state index contributed by atoms with van der Waals surface area (Å²) in [6, 6.07) is 0. The summed E-state index contributed by atoms with van der Waals surface area (Å²) in [5, 5.41) is 9.71. The quantitative estimate of drug-likeness (QED) is 0.695. The molecule has 0 bridgehead atoms. The Balaban J connectivity index is 2.27. The lowest BCUT2D eigenvalue weighted by molar-refractivity contribution is -0.111. The van der Waals surface area contributed by atoms with Gasteiger partial charge in [-0.3, -0.25) is 0 Å². The molecule has 1 fully saturated rings. The second kappa shape index (κ2) is 8.74. The first-order valence-electron chi connectivity index (χ1n) is 6.96. The SMILES string of the molecule is O=CC1CCCCCCC(O)CCCCC1. The van der Waals surface area contributed by atoms with E-state index in [1.165, 1.54) is 25.7 Å². The first-order valence-corrected chi connectivity index (χ1v) is 6.96. The molecule has 0 amide bonds. The fraction of sp³-hybridized carbons (Fsp3) is 0.929. The van der Waals surface area contributed by atoms with E-state index in [9.17, 15) is 9.90 Å². The Bertz CT molecular complexity index is 180. The highest BCUT2D eigenvalue weighted by atomic mass is 16.3. The minimum absolute atomic E-state index is 0.0809. The standard InChI is InChI=1S/C14H26O2/c15-12-13-8-4-1-2-6-10-14(16)11-7-3-5-9-13/h12-14,16H,1-11H2. The summed E-state index contributed by atoms with van der Waals surface area (Å²) in [5.41, 5.74) is 0. The molecule has 0 spiro atoms. The van der Waals surface area contributed by atoms with Crippen LogP contribution in [0.25, 0.3) is 0 Å². The number of carbonyl (C=O) groups is 1. The molecule has 1 saturated carbocycles. The van der Waals surface area contributed by atoms with E-state index < -0.39 is 0 Å². The Labute approximate surface area is 99.4 Å². The van der Waals surface area contributed by atoms with Gasteiger partial charge in [0, 0.05) is 5.92 Å². The van der Waals surface area contributed by atoms with Gasteiger partial charge in [-0.05, 0) is 25.7 Å². The highest BCUT2D eigenvalue weighted by Crippen LogP contribution is 2.19. The lowest BCUT2D eigenvalue weighted by Gasteiger charge is -2.09. The summed E-state index contributed by atoms with van der Waals surface area (Å²) in [6.07, 6.45) is 13.3. The van der Waals surface area contributed by atoms with Crippen molar-refractivity contribution in [3.8, 4) is 0 Å². The van der Waals surface area contributed by atoms with Gasteiger partial charge in [0.1, 0.15) is 6.29 Å². The van der Waals surface area contributed by atoms with Crippen molar-refractivity contribution in [2.45, 2.75) is 76.7 Å². The zero-order valence-electron chi connectivity index (χ0n) is 10.4. The van der Waals surface area contributed by atoms with Crippen molar-refractivity contribution in [1.29, 1.82) is 0 Å². The van der Waals surface area contributed by atoms with E-state index >= 15 is 0 Å². The first-order chi connectivity index (χ1) is 7.83. The van der Waals surface area contributed by atoms with Crippen LogP contribution in [0.2, 0.25) is 0 Å². The minimum Gasteiger partial charge on any atom is -0.393 e. The van der Waals surface area contributed by atoms with Crippen molar-refractivity contribution in [3.05, 3.63) is 0 Å². The molecule has 2 atom stereocenters. The van der Waals surface area contributed by atoms with Gasteiger partial charge in [-0.25, -0.2) is 0 Å². The van der Waals surface area contributed by atoms with Crippen LogP contribution < -0.4 is 0 Å². The van der Waals surface area contributed by atoms with Gasteiger partial charge < -0.3 is 9.90 Å². The van der Waals surface area contributed by atoms with Gasteiger partial charge in [0.15, 0.2) is 0 Å². The number of aliphatic hydroxyl groups is 1. The maximum Gasteiger partial charge on any atom is 0.123 e. The molecule has 1 rings (SSSR count). The van der Waals surface area contributed by atoms with Crippen LogP contribution in [-0.2, 0) is 4.79 Å². The Morgan fingerprint density at radius 1 is 0.750 bits per heavy atom. The van der Waals surface area contributed by atoms with Gasteiger partial charge in [0.2, 0.25) is 0 Å². The normalized spacial score (nSPS) is 30.8. The molecular formula is C14H26O2. The van der Waals surface area contributed by atoms with Crippen LogP contribution in [0.5, 0.6) is 0 Å². The lowest BCUT2D eigenvalue weighted by atomic mass is 9.96. The number of rotatable bonds is 1.